The van der Waals surface area contributed by atoms with E-state index >= 15 is 0 Å². The Bertz CT molecular complexity index is 1010. The number of thiophene rings is 1. The smallest absolute Gasteiger partial charge is 0.271 e. The number of sulfonamides is 1. The van der Waals surface area contributed by atoms with E-state index in [4.69, 9.17) is 11.6 Å². The molecular formula is C16H14ClN3O2S2. The molecule has 124 valence electrons. The van der Waals surface area contributed by atoms with Crippen molar-refractivity contribution in [2.24, 2.45) is 0 Å². The molecule has 0 spiro atoms. The van der Waals surface area contributed by atoms with E-state index in [1.807, 2.05) is 24.4 Å². The van der Waals surface area contributed by atoms with Crippen molar-refractivity contribution < 1.29 is 8.42 Å². The predicted molar refractivity (Wildman–Crippen MR) is 96.1 cm³/mol. The van der Waals surface area contributed by atoms with E-state index in [1.54, 1.807) is 12.1 Å². The third-order valence-corrected chi connectivity index (χ3v) is 7.05. The number of fused-ring (bicyclic) bond motifs is 1. The molecule has 0 fully saturated rings. The van der Waals surface area contributed by atoms with Gasteiger partial charge in [-0.2, -0.15) is 0 Å². The van der Waals surface area contributed by atoms with E-state index in [1.165, 1.54) is 6.07 Å². The van der Waals surface area contributed by atoms with Crippen LogP contribution in [0.5, 0.6) is 0 Å². The fraction of sp³-hybridized carbons (Fsp3) is 0.188. The Hall–Kier alpha value is -1.83. The van der Waals surface area contributed by atoms with Crippen molar-refractivity contribution in [3.63, 3.8) is 0 Å². The SMILES string of the molecule is O=S(=O)(Nc1cccc(-c2cnc3n2CCC3)c1)c1ccc(Cl)s1. The minimum absolute atomic E-state index is 0.197. The molecule has 0 saturated heterocycles. The molecule has 0 saturated carbocycles. The van der Waals surface area contributed by atoms with E-state index in [9.17, 15) is 8.42 Å². The first-order valence-electron chi connectivity index (χ1n) is 7.46. The van der Waals surface area contributed by atoms with Crippen LogP contribution < -0.4 is 4.72 Å². The Morgan fingerprint density at radius 2 is 2.12 bits per heavy atom. The van der Waals surface area contributed by atoms with Crippen LogP contribution in [0.1, 0.15) is 12.2 Å². The average molecular weight is 380 g/mol. The molecule has 0 atom stereocenters. The van der Waals surface area contributed by atoms with Gasteiger partial charge in [0.2, 0.25) is 0 Å². The van der Waals surface area contributed by atoms with Gasteiger partial charge in [-0.3, -0.25) is 4.72 Å². The van der Waals surface area contributed by atoms with Crippen LogP contribution >= 0.6 is 22.9 Å². The molecule has 2 aromatic heterocycles. The number of aryl methyl sites for hydroxylation is 1. The maximum Gasteiger partial charge on any atom is 0.271 e. The number of aromatic nitrogens is 2. The summed E-state index contributed by atoms with van der Waals surface area (Å²) in [7, 11) is -3.63. The van der Waals surface area contributed by atoms with Crippen molar-refractivity contribution >= 4 is 38.6 Å². The third-order valence-electron chi connectivity index (χ3n) is 3.94. The Morgan fingerprint density at radius 1 is 1.25 bits per heavy atom. The molecule has 1 aromatic carbocycles. The number of imidazole rings is 1. The first kappa shape index (κ1) is 15.7. The lowest BCUT2D eigenvalue weighted by atomic mass is 10.1. The van der Waals surface area contributed by atoms with Gasteiger partial charge in [0.15, 0.2) is 0 Å². The molecule has 8 heteroatoms. The Balaban J connectivity index is 1.66. The van der Waals surface area contributed by atoms with Crippen LogP contribution in [0.25, 0.3) is 11.3 Å². The molecule has 4 rings (SSSR count). The van der Waals surface area contributed by atoms with E-state index in [-0.39, 0.29) is 4.21 Å². The monoisotopic (exact) mass is 379 g/mol. The molecule has 24 heavy (non-hydrogen) atoms. The van der Waals surface area contributed by atoms with Crippen molar-refractivity contribution in [3.8, 4) is 11.3 Å². The normalized spacial score (nSPS) is 13.9. The van der Waals surface area contributed by atoms with Crippen LogP contribution in [0, 0.1) is 0 Å². The van der Waals surface area contributed by atoms with Gasteiger partial charge >= 0.3 is 0 Å². The van der Waals surface area contributed by atoms with E-state index in [0.29, 0.717) is 10.0 Å². The number of halogens is 1. The maximum absolute atomic E-state index is 12.4. The molecule has 0 aliphatic carbocycles. The van der Waals surface area contributed by atoms with Gasteiger partial charge in [-0.25, -0.2) is 13.4 Å². The third kappa shape index (κ3) is 2.83. The predicted octanol–water partition coefficient (Wildman–Crippen LogP) is 4.01. The molecule has 3 heterocycles. The molecular weight excluding hydrogens is 366 g/mol. The van der Waals surface area contributed by atoms with E-state index in [0.717, 1.165) is 47.8 Å². The zero-order chi connectivity index (χ0) is 16.7. The zero-order valence-electron chi connectivity index (χ0n) is 12.6. The Labute approximate surface area is 149 Å². The van der Waals surface area contributed by atoms with Gasteiger partial charge < -0.3 is 4.57 Å². The number of rotatable bonds is 4. The second-order valence-electron chi connectivity index (χ2n) is 5.56. The second-order valence-corrected chi connectivity index (χ2v) is 9.18. The molecule has 1 N–H and O–H groups in total. The molecule has 0 bridgehead atoms. The van der Waals surface area contributed by atoms with Gasteiger partial charge in [0.1, 0.15) is 10.0 Å². The van der Waals surface area contributed by atoms with Gasteiger partial charge in [0.05, 0.1) is 16.2 Å². The van der Waals surface area contributed by atoms with Crippen molar-refractivity contribution in [2.75, 3.05) is 4.72 Å². The van der Waals surface area contributed by atoms with E-state index in [2.05, 4.69) is 14.3 Å². The highest BCUT2D eigenvalue weighted by atomic mass is 35.5. The molecule has 0 radical (unpaired) electrons. The first-order chi connectivity index (χ1) is 11.5. The summed E-state index contributed by atoms with van der Waals surface area (Å²) in [4.78, 5) is 4.44. The van der Waals surface area contributed by atoms with Crippen LogP contribution in [0.4, 0.5) is 5.69 Å². The summed E-state index contributed by atoms with van der Waals surface area (Å²) in [6, 6.07) is 10.4. The largest absolute Gasteiger partial charge is 0.328 e. The Morgan fingerprint density at radius 3 is 2.92 bits per heavy atom. The molecule has 0 unspecified atom stereocenters. The van der Waals surface area contributed by atoms with Crippen molar-refractivity contribution in [1.29, 1.82) is 0 Å². The highest BCUT2D eigenvalue weighted by Crippen LogP contribution is 2.30. The van der Waals surface area contributed by atoms with Crippen LogP contribution in [0.3, 0.4) is 0 Å². The highest BCUT2D eigenvalue weighted by molar-refractivity contribution is 7.94. The second kappa shape index (κ2) is 5.91. The maximum atomic E-state index is 12.4. The number of hydrogen-bond acceptors (Lipinski definition) is 4. The highest BCUT2D eigenvalue weighted by Gasteiger charge is 2.19. The summed E-state index contributed by atoms with van der Waals surface area (Å²) in [5.74, 6) is 1.09. The quantitative estimate of drug-likeness (QED) is 0.744. The zero-order valence-corrected chi connectivity index (χ0v) is 15.0. The lowest BCUT2D eigenvalue weighted by Gasteiger charge is -2.09. The lowest BCUT2D eigenvalue weighted by molar-refractivity contribution is 0.603. The van der Waals surface area contributed by atoms with Crippen LogP contribution in [0.2, 0.25) is 4.34 Å². The summed E-state index contributed by atoms with van der Waals surface area (Å²) in [6.45, 7) is 0.953. The minimum Gasteiger partial charge on any atom is -0.328 e. The van der Waals surface area contributed by atoms with Gasteiger partial charge in [-0.15, -0.1) is 11.3 Å². The van der Waals surface area contributed by atoms with Crippen LogP contribution in [-0.2, 0) is 23.0 Å². The van der Waals surface area contributed by atoms with Crippen LogP contribution in [0.15, 0.2) is 46.8 Å². The standard InChI is InChI=1S/C16H14ClN3O2S2/c17-14-6-7-16(23-14)24(21,22)19-12-4-1-3-11(9-12)13-10-18-15-5-2-8-20(13)15/h1,3-4,6-7,9-10,19H,2,5,8H2. The number of hydrogen-bond donors (Lipinski definition) is 1. The summed E-state index contributed by atoms with van der Waals surface area (Å²) in [5.41, 5.74) is 2.48. The molecule has 0 amide bonds. The van der Waals surface area contributed by atoms with Crippen molar-refractivity contribution in [2.45, 2.75) is 23.6 Å². The fourth-order valence-corrected chi connectivity index (χ4v) is 5.41. The molecule has 1 aliphatic rings. The lowest BCUT2D eigenvalue weighted by Crippen LogP contribution is -2.11. The summed E-state index contributed by atoms with van der Waals surface area (Å²) in [5, 5.41) is 0. The number of anilines is 1. The van der Waals surface area contributed by atoms with Crippen molar-refractivity contribution in [1.82, 2.24) is 9.55 Å². The van der Waals surface area contributed by atoms with Crippen LogP contribution in [-0.4, -0.2) is 18.0 Å². The number of nitrogens with zero attached hydrogens (tertiary/aromatic N) is 2. The van der Waals surface area contributed by atoms with Gasteiger partial charge in [-0.1, -0.05) is 23.7 Å². The number of benzene rings is 1. The summed E-state index contributed by atoms with van der Waals surface area (Å²) in [6.07, 6.45) is 3.94. The van der Waals surface area contributed by atoms with E-state index < -0.39 is 10.0 Å². The van der Waals surface area contributed by atoms with Gasteiger partial charge in [0.25, 0.3) is 10.0 Å². The summed E-state index contributed by atoms with van der Waals surface area (Å²) < 4.78 is 30.3. The fourth-order valence-electron chi connectivity index (χ4n) is 2.88. The average Bonchev–Trinajstić information content (AvgIpc) is 3.22. The minimum atomic E-state index is -3.63. The van der Waals surface area contributed by atoms with Gasteiger partial charge in [-0.05, 0) is 30.7 Å². The topological polar surface area (TPSA) is 64.0 Å². The molecule has 3 aromatic rings. The van der Waals surface area contributed by atoms with Gasteiger partial charge in [0, 0.05) is 24.2 Å². The first-order valence-corrected chi connectivity index (χ1v) is 10.1. The molecule has 5 nitrogen and oxygen atoms in total. The molecule has 1 aliphatic heterocycles. The summed E-state index contributed by atoms with van der Waals surface area (Å²) >= 11 is 6.87. The number of nitrogens with one attached hydrogen (secondary N) is 1. The van der Waals surface area contributed by atoms with Crippen molar-refractivity contribution in [3.05, 3.63) is 52.8 Å². The Kier molecular flexibility index (Phi) is 3.86.